The summed E-state index contributed by atoms with van der Waals surface area (Å²) >= 11 is 0. The van der Waals surface area contributed by atoms with E-state index >= 15 is 0 Å². The Morgan fingerprint density at radius 3 is 0.789 bits per heavy atom. The van der Waals surface area contributed by atoms with Gasteiger partial charge in [-0.05, 0) is 49.4 Å². The molecule has 0 aliphatic heterocycles. The van der Waals surface area contributed by atoms with Gasteiger partial charge in [0.25, 0.3) is 0 Å². The Morgan fingerprint density at radius 2 is 0.533 bits per heavy atom. The number of phosphoric acid groups is 2. The number of aliphatic hydroxyl groups excluding tert-OH is 1. The largest absolute Gasteiger partial charge is 0.472 e. The number of phosphoric ester groups is 2. The summed E-state index contributed by atoms with van der Waals surface area (Å²) in [6, 6.07) is 0. The molecule has 19 heteroatoms. The Labute approximate surface area is 549 Å². The molecule has 0 aliphatic carbocycles. The van der Waals surface area contributed by atoms with Crippen molar-refractivity contribution in [2.45, 2.75) is 369 Å². The van der Waals surface area contributed by atoms with Gasteiger partial charge in [0, 0.05) is 25.7 Å². The van der Waals surface area contributed by atoms with Crippen molar-refractivity contribution in [2.24, 2.45) is 23.7 Å². The molecule has 3 N–H and O–H groups in total. The molecule has 0 spiro atoms. The third kappa shape index (κ3) is 63.5. The highest BCUT2D eigenvalue weighted by molar-refractivity contribution is 7.47. The van der Waals surface area contributed by atoms with E-state index in [0.717, 1.165) is 120 Å². The minimum atomic E-state index is -4.95. The van der Waals surface area contributed by atoms with E-state index in [9.17, 15) is 43.2 Å². The molecule has 6 atom stereocenters. The number of hydrogen-bond donors (Lipinski definition) is 3. The van der Waals surface area contributed by atoms with E-state index in [0.29, 0.717) is 31.6 Å². The fourth-order valence-electron chi connectivity index (χ4n) is 10.6. The van der Waals surface area contributed by atoms with Crippen LogP contribution in [0.4, 0.5) is 0 Å². The molecule has 0 rings (SSSR count). The number of ether oxygens (including phenoxy) is 4. The average Bonchev–Trinajstić information content (AvgIpc) is 2.24. The maximum absolute atomic E-state index is 13.0. The summed E-state index contributed by atoms with van der Waals surface area (Å²) in [4.78, 5) is 72.5. The normalized spacial score (nSPS) is 14.6. The van der Waals surface area contributed by atoms with Gasteiger partial charge < -0.3 is 33.8 Å². The van der Waals surface area contributed by atoms with Crippen LogP contribution in [0.3, 0.4) is 0 Å². The predicted octanol–water partition coefficient (Wildman–Crippen LogP) is 20.1. The lowest BCUT2D eigenvalue weighted by molar-refractivity contribution is -0.161. The predicted molar refractivity (Wildman–Crippen MR) is 363 cm³/mol. The summed E-state index contributed by atoms with van der Waals surface area (Å²) in [5.74, 6) is 0.824. The minimum Gasteiger partial charge on any atom is -0.462 e. The molecule has 0 bridgehead atoms. The monoisotopic (exact) mass is 1320 g/mol. The van der Waals surface area contributed by atoms with Gasteiger partial charge in [0.2, 0.25) is 0 Å². The second-order valence-corrected chi connectivity index (χ2v) is 30.2. The summed E-state index contributed by atoms with van der Waals surface area (Å²) in [7, 11) is -9.90. The maximum Gasteiger partial charge on any atom is 0.472 e. The van der Waals surface area contributed by atoms with E-state index < -0.39 is 97.5 Å². The van der Waals surface area contributed by atoms with Gasteiger partial charge in [-0.2, -0.15) is 0 Å². The Balaban J connectivity index is 5.19. The van der Waals surface area contributed by atoms with Crippen LogP contribution in [0.1, 0.15) is 351 Å². The van der Waals surface area contributed by atoms with Crippen molar-refractivity contribution in [1.29, 1.82) is 0 Å². The van der Waals surface area contributed by atoms with E-state index in [4.69, 9.17) is 37.0 Å². The third-order valence-electron chi connectivity index (χ3n) is 16.7. The first-order valence-electron chi connectivity index (χ1n) is 36.7. The van der Waals surface area contributed by atoms with Crippen molar-refractivity contribution in [2.75, 3.05) is 39.6 Å². The molecule has 0 aliphatic rings. The van der Waals surface area contributed by atoms with Crippen LogP contribution in [0, 0.1) is 23.7 Å². The second kappa shape index (κ2) is 60.7. The van der Waals surface area contributed by atoms with Crippen molar-refractivity contribution >= 4 is 39.5 Å². The molecule has 90 heavy (non-hydrogen) atoms. The highest BCUT2D eigenvalue weighted by atomic mass is 31.2. The topological polar surface area (TPSA) is 237 Å². The third-order valence-corrected chi connectivity index (χ3v) is 18.6. The van der Waals surface area contributed by atoms with Crippen LogP contribution in [-0.2, 0) is 65.4 Å². The standard InChI is InChI=1S/C71H138O17P2/c1-9-64(8)50-42-34-28-30-36-44-52-69(74)82-58-67(88-71(76)54-46-38-26-22-18-20-24-32-40-48-62(4)5)60-86-90(79,80)84-56-65(72)55-83-89(77,78)85-59-66(57-81-68(73)51-43-35-29-27-33-41-49-63(6)7)87-70(75)53-45-37-25-21-17-15-13-11-10-12-14-16-19-23-31-39-47-61(2)3/h61-67,72H,9-60H2,1-8H3,(H,77,78)(H,79,80)/t64?,65-,66-,67-/m1/s1. The van der Waals surface area contributed by atoms with Gasteiger partial charge in [-0.1, -0.05) is 299 Å². The SMILES string of the molecule is CCC(C)CCCCCCCCC(=O)OC[C@H](COP(=O)(O)OC[C@H](O)COP(=O)(O)OC[C@@H](COC(=O)CCCCCCCCC(C)C)OC(=O)CCCCCCCCCCCCCCCCCCC(C)C)OC(=O)CCCCCCCCCCCC(C)C. The molecule has 0 aromatic carbocycles. The highest BCUT2D eigenvalue weighted by Gasteiger charge is 2.30. The zero-order valence-corrected chi connectivity index (χ0v) is 60.6. The molecule has 17 nitrogen and oxygen atoms in total. The molecule has 0 saturated carbocycles. The number of hydrogen-bond acceptors (Lipinski definition) is 15. The van der Waals surface area contributed by atoms with Gasteiger partial charge in [0.1, 0.15) is 19.3 Å². The number of carbonyl (C=O) groups is 4. The Kier molecular flexibility index (Phi) is 59.4. The zero-order valence-electron chi connectivity index (χ0n) is 58.8. The highest BCUT2D eigenvalue weighted by Crippen LogP contribution is 2.45. The summed E-state index contributed by atoms with van der Waals surface area (Å²) in [6.45, 7) is 14.0. The van der Waals surface area contributed by atoms with E-state index in [1.807, 2.05) is 0 Å². The molecule has 0 fully saturated rings. The Morgan fingerprint density at radius 1 is 0.311 bits per heavy atom. The molecular weight excluding hydrogens is 1190 g/mol. The van der Waals surface area contributed by atoms with Crippen molar-refractivity contribution in [3.63, 3.8) is 0 Å². The lowest BCUT2D eigenvalue weighted by atomic mass is 10.00. The van der Waals surface area contributed by atoms with Crippen LogP contribution in [0.2, 0.25) is 0 Å². The number of rotatable bonds is 68. The van der Waals surface area contributed by atoms with E-state index in [1.165, 1.54) is 141 Å². The fraction of sp³-hybridized carbons (Fsp3) is 0.944. The van der Waals surface area contributed by atoms with Crippen molar-refractivity contribution in [3.05, 3.63) is 0 Å². The molecule has 0 aromatic rings. The summed E-state index contributed by atoms with van der Waals surface area (Å²) in [5, 5.41) is 10.6. The van der Waals surface area contributed by atoms with Crippen LogP contribution in [0.5, 0.6) is 0 Å². The van der Waals surface area contributed by atoms with Crippen molar-refractivity contribution < 1.29 is 80.2 Å². The van der Waals surface area contributed by atoms with E-state index in [2.05, 4.69) is 55.4 Å². The lowest BCUT2D eigenvalue weighted by Crippen LogP contribution is -2.30. The molecule has 0 amide bonds. The molecule has 0 radical (unpaired) electrons. The quantitative estimate of drug-likeness (QED) is 0.0222. The van der Waals surface area contributed by atoms with Gasteiger partial charge >= 0.3 is 39.5 Å². The zero-order chi connectivity index (χ0) is 66.8. The molecule has 534 valence electrons. The van der Waals surface area contributed by atoms with Gasteiger partial charge in [0.15, 0.2) is 12.2 Å². The molecule has 0 heterocycles. The van der Waals surface area contributed by atoms with Crippen LogP contribution in [0.15, 0.2) is 0 Å². The smallest absolute Gasteiger partial charge is 0.462 e. The van der Waals surface area contributed by atoms with Gasteiger partial charge in [-0.3, -0.25) is 37.3 Å². The van der Waals surface area contributed by atoms with Crippen LogP contribution in [-0.4, -0.2) is 96.7 Å². The lowest BCUT2D eigenvalue weighted by Gasteiger charge is -2.21. The number of unbranched alkanes of at least 4 members (excludes halogenated alkanes) is 33. The first-order chi connectivity index (χ1) is 43.1. The Bertz CT molecular complexity index is 1780. The van der Waals surface area contributed by atoms with Crippen LogP contribution in [0.25, 0.3) is 0 Å². The fourth-order valence-corrected chi connectivity index (χ4v) is 12.2. The van der Waals surface area contributed by atoms with Gasteiger partial charge in [-0.15, -0.1) is 0 Å². The maximum atomic E-state index is 13.0. The average molecular weight is 1330 g/mol. The molecule has 0 aromatic heterocycles. The van der Waals surface area contributed by atoms with Gasteiger partial charge in [0.05, 0.1) is 26.4 Å². The van der Waals surface area contributed by atoms with Gasteiger partial charge in [-0.25, -0.2) is 9.13 Å². The van der Waals surface area contributed by atoms with E-state index in [1.54, 1.807) is 0 Å². The second-order valence-electron chi connectivity index (χ2n) is 27.3. The van der Waals surface area contributed by atoms with Crippen LogP contribution >= 0.6 is 15.6 Å². The summed E-state index contributed by atoms with van der Waals surface area (Å²) in [5.41, 5.74) is 0. The molecule has 3 unspecified atom stereocenters. The Hall–Kier alpha value is -1.94. The number of carbonyl (C=O) groups excluding carboxylic acids is 4. The van der Waals surface area contributed by atoms with Crippen LogP contribution < -0.4 is 0 Å². The number of esters is 4. The summed E-state index contributed by atoms with van der Waals surface area (Å²) < 4.78 is 68.2. The minimum absolute atomic E-state index is 0.104. The first-order valence-corrected chi connectivity index (χ1v) is 39.7. The summed E-state index contributed by atoms with van der Waals surface area (Å²) in [6.07, 6.45) is 43.3. The molecule has 0 saturated heterocycles. The van der Waals surface area contributed by atoms with Crippen molar-refractivity contribution in [3.8, 4) is 0 Å². The number of aliphatic hydroxyl groups is 1. The van der Waals surface area contributed by atoms with E-state index in [-0.39, 0.29) is 25.7 Å². The van der Waals surface area contributed by atoms with Crippen molar-refractivity contribution in [1.82, 2.24) is 0 Å². The molecular formula is C71H138O17P2. The first kappa shape index (κ1) is 88.1.